The molecule has 0 amide bonds. The number of hydrogen-bond donors (Lipinski definition) is 0. The maximum absolute atomic E-state index is 5.74. The van der Waals surface area contributed by atoms with Crippen LogP contribution in [0.25, 0.3) is 0 Å². The molecule has 1 atom stereocenters. The lowest BCUT2D eigenvalue weighted by Gasteiger charge is -2.44. The van der Waals surface area contributed by atoms with Crippen molar-refractivity contribution in [3.05, 3.63) is 29.8 Å². The predicted molar refractivity (Wildman–Crippen MR) is 72.9 cm³/mol. The van der Waals surface area contributed by atoms with Gasteiger partial charge in [0, 0.05) is 18.6 Å². The fraction of sp³-hybridized carbons (Fsp3) is 0.600. The molecule has 1 heterocycles. The van der Waals surface area contributed by atoms with Crippen LogP contribution < -0.4 is 4.74 Å². The molecule has 1 fully saturated rings. The first-order chi connectivity index (χ1) is 8.51. The van der Waals surface area contributed by atoms with Gasteiger partial charge in [0.05, 0.1) is 19.8 Å². The van der Waals surface area contributed by atoms with Crippen LogP contribution in [0, 0.1) is 0 Å². The summed E-state index contributed by atoms with van der Waals surface area (Å²) >= 11 is 0. The summed E-state index contributed by atoms with van der Waals surface area (Å²) in [7, 11) is 1.70. The summed E-state index contributed by atoms with van der Waals surface area (Å²) in [6.45, 7) is 9.36. The molecule has 1 saturated heterocycles. The number of nitrogens with zero attached hydrogens (tertiary/aromatic N) is 1. The second-order valence-electron chi connectivity index (χ2n) is 5.66. The van der Waals surface area contributed by atoms with Gasteiger partial charge in [-0.05, 0) is 38.5 Å². The molecule has 0 aliphatic carbocycles. The summed E-state index contributed by atoms with van der Waals surface area (Å²) in [6, 6.07) is 8.31. The molecule has 18 heavy (non-hydrogen) atoms. The Morgan fingerprint density at radius 2 is 2.00 bits per heavy atom. The van der Waals surface area contributed by atoms with Gasteiger partial charge in [-0.15, -0.1) is 0 Å². The van der Waals surface area contributed by atoms with Crippen molar-refractivity contribution in [1.29, 1.82) is 0 Å². The van der Waals surface area contributed by atoms with Crippen molar-refractivity contribution in [2.45, 2.75) is 39.0 Å². The van der Waals surface area contributed by atoms with Gasteiger partial charge in [0.15, 0.2) is 0 Å². The second kappa shape index (κ2) is 5.29. The van der Waals surface area contributed by atoms with Crippen LogP contribution in [0.5, 0.6) is 5.75 Å². The Kier molecular flexibility index (Phi) is 3.93. The molecule has 0 spiro atoms. The second-order valence-corrected chi connectivity index (χ2v) is 5.66. The largest absolute Gasteiger partial charge is 0.497 e. The van der Waals surface area contributed by atoms with Gasteiger partial charge in [0.2, 0.25) is 0 Å². The molecule has 0 N–H and O–H groups in total. The molecule has 0 radical (unpaired) electrons. The number of methoxy groups -OCH3 is 1. The zero-order valence-corrected chi connectivity index (χ0v) is 11.8. The van der Waals surface area contributed by atoms with Crippen molar-refractivity contribution >= 4 is 0 Å². The summed E-state index contributed by atoms with van der Waals surface area (Å²) in [6.07, 6.45) is 0.316. The minimum atomic E-state index is 0.104. The lowest BCUT2D eigenvalue weighted by molar-refractivity contribution is -0.0949. The molecule has 0 saturated carbocycles. The Hall–Kier alpha value is -1.06. The van der Waals surface area contributed by atoms with Crippen LogP contribution in [0.2, 0.25) is 0 Å². The normalized spacial score (nSPS) is 23.9. The Morgan fingerprint density at radius 3 is 2.61 bits per heavy atom. The molecule has 1 aromatic rings. The van der Waals surface area contributed by atoms with E-state index in [0.29, 0.717) is 6.10 Å². The molecule has 3 heteroatoms. The lowest BCUT2D eigenvalue weighted by Crippen LogP contribution is -2.54. The van der Waals surface area contributed by atoms with E-state index in [2.05, 4.69) is 37.8 Å². The van der Waals surface area contributed by atoms with E-state index in [1.165, 1.54) is 5.56 Å². The van der Waals surface area contributed by atoms with Crippen molar-refractivity contribution < 1.29 is 9.47 Å². The van der Waals surface area contributed by atoms with Crippen LogP contribution >= 0.6 is 0 Å². The highest BCUT2D eigenvalue weighted by atomic mass is 16.5. The molecule has 0 bridgehead atoms. The molecule has 3 nitrogen and oxygen atoms in total. The van der Waals surface area contributed by atoms with Crippen LogP contribution in [0.1, 0.15) is 26.3 Å². The fourth-order valence-electron chi connectivity index (χ4n) is 2.28. The van der Waals surface area contributed by atoms with Crippen molar-refractivity contribution in [2.24, 2.45) is 0 Å². The number of rotatable bonds is 3. The van der Waals surface area contributed by atoms with E-state index in [1.54, 1.807) is 7.11 Å². The molecular formula is C15H23NO2. The first kappa shape index (κ1) is 13.4. The Labute approximate surface area is 110 Å². The third-order valence-corrected chi connectivity index (χ3v) is 3.59. The van der Waals surface area contributed by atoms with Gasteiger partial charge >= 0.3 is 0 Å². The van der Waals surface area contributed by atoms with Crippen LogP contribution in [0.15, 0.2) is 24.3 Å². The van der Waals surface area contributed by atoms with Crippen LogP contribution in [0.4, 0.5) is 0 Å². The average molecular weight is 249 g/mol. The van der Waals surface area contributed by atoms with Crippen molar-refractivity contribution in [2.75, 3.05) is 20.3 Å². The van der Waals surface area contributed by atoms with Gasteiger partial charge in [-0.1, -0.05) is 12.1 Å². The van der Waals surface area contributed by atoms with E-state index in [9.17, 15) is 0 Å². The van der Waals surface area contributed by atoms with Gasteiger partial charge in [-0.3, -0.25) is 4.90 Å². The Morgan fingerprint density at radius 1 is 1.33 bits per heavy atom. The first-order valence-electron chi connectivity index (χ1n) is 6.51. The monoisotopic (exact) mass is 249 g/mol. The maximum atomic E-state index is 5.74. The van der Waals surface area contributed by atoms with E-state index in [1.807, 2.05) is 12.1 Å². The van der Waals surface area contributed by atoms with Crippen molar-refractivity contribution in [1.82, 2.24) is 4.90 Å². The summed E-state index contributed by atoms with van der Waals surface area (Å²) in [5.41, 5.74) is 1.42. The third-order valence-electron chi connectivity index (χ3n) is 3.59. The molecule has 1 aliphatic heterocycles. The zero-order valence-electron chi connectivity index (χ0n) is 11.8. The van der Waals surface area contributed by atoms with E-state index in [4.69, 9.17) is 9.47 Å². The highest BCUT2D eigenvalue weighted by molar-refractivity contribution is 5.27. The highest BCUT2D eigenvalue weighted by Gasteiger charge is 2.33. The molecule has 0 unspecified atom stereocenters. The third kappa shape index (κ3) is 3.03. The summed E-state index contributed by atoms with van der Waals surface area (Å²) in [5.74, 6) is 0.911. The molecule has 0 aromatic heterocycles. The van der Waals surface area contributed by atoms with E-state index < -0.39 is 0 Å². The van der Waals surface area contributed by atoms with Gasteiger partial charge < -0.3 is 9.47 Å². The van der Waals surface area contributed by atoms with E-state index in [0.717, 1.165) is 25.4 Å². The summed E-state index contributed by atoms with van der Waals surface area (Å²) < 4.78 is 10.9. The Balaban J connectivity index is 2.06. The number of hydrogen-bond acceptors (Lipinski definition) is 3. The molecule has 100 valence electrons. The van der Waals surface area contributed by atoms with Gasteiger partial charge in [-0.25, -0.2) is 0 Å². The molecular weight excluding hydrogens is 226 g/mol. The standard InChI is InChI=1S/C15H23NO2/c1-12-9-16(15(2,3)11-18-12)10-13-5-7-14(17-4)8-6-13/h5-8,12H,9-11H2,1-4H3/t12-/m0/s1. The van der Waals surface area contributed by atoms with Crippen LogP contribution in [-0.2, 0) is 11.3 Å². The molecule has 2 rings (SSSR count). The van der Waals surface area contributed by atoms with Crippen molar-refractivity contribution in [3.8, 4) is 5.75 Å². The quantitative estimate of drug-likeness (QED) is 0.822. The molecule has 1 aromatic carbocycles. The summed E-state index contributed by atoms with van der Waals surface area (Å²) in [5, 5.41) is 0. The van der Waals surface area contributed by atoms with Gasteiger partial charge in [-0.2, -0.15) is 0 Å². The zero-order chi connectivity index (χ0) is 13.2. The van der Waals surface area contributed by atoms with Gasteiger partial charge in [0.25, 0.3) is 0 Å². The average Bonchev–Trinajstić information content (AvgIpc) is 2.35. The number of benzene rings is 1. The lowest BCUT2D eigenvalue weighted by atomic mass is 10.00. The SMILES string of the molecule is COc1ccc(CN2C[C@H](C)OCC2(C)C)cc1. The minimum absolute atomic E-state index is 0.104. The number of ether oxygens (including phenoxy) is 2. The van der Waals surface area contributed by atoms with E-state index >= 15 is 0 Å². The maximum Gasteiger partial charge on any atom is 0.118 e. The first-order valence-corrected chi connectivity index (χ1v) is 6.51. The van der Waals surface area contributed by atoms with Crippen LogP contribution in [0.3, 0.4) is 0 Å². The van der Waals surface area contributed by atoms with E-state index in [-0.39, 0.29) is 5.54 Å². The summed E-state index contributed by atoms with van der Waals surface area (Å²) in [4.78, 5) is 2.49. The smallest absolute Gasteiger partial charge is 0.118 e. The van der Waals surface area contributed by atoms with Crippen molar-refractivity contribution in [3.63, 3.8) is 0 Å². The predicted octanol–water partition coefficient (Wildman–Crippen LogP) is 2.69. The highest BCUT2D eigenvalue weighted by Crippen LogP contribution is 2.24. The Bertz CT molecular complexity index is 386. The van der Waals surface area contributed by atoms with Gasteiger partial charge in [0.1, 0.15) is 5.75 Å². The minimum Gasteiger partial charge on any atom is -0.497 e. The number of morpholine rings is 1. The molecule has 1 aliphatic rings. The fourth-order valence-corrected chi connectivity index (χ4v) is 2.28. The van der Waals surface area contributed by atoms with Crippen LogP contribution in [-0.4, -0.2) is 36.8 Å². The topological polar surface area (TPSA) is 21.7 Å².